The van der Waals surface area contributed by atoms with Crippen LogP contribution < -0.4 is 51.4 Å². The Morgan fingerprint density at radius 2 is 1.57 bits per heavy atom. The number of hydrogen-bond donors (Lipinski definition) is 0. The molecule has 0 atom stereocenters. The van der Waals surface area contributed by atoms with E-state index in [1.807, 2.05) is 0 Å². The summed E-state index contributed by atoms with van der Waals surface area (Å²) in [4.78, 5) is 24.0. The number of carbonyl (C=O) groups is 2. The molecule has 0 radical (unpaired) electrons. The molecule has 1 aliphatic heterocycles. The Bertz CT molecular complexity index is 385. The number of benzene rings is 1. The molecule has 2 rings (SSSR count). The van der Waals surface area contributed by atoms with Crippen LogP contribution in [0.15, 0.2) is 37.0 Å². The predicted octanol–water partition coefficient (Wildman–Crippen LogP) is -1.46. The molecule has 14 heavy (non-hydrogen) atoms. The van der Waals surface area contributed by atoms with E-state index in [0.29, 0.717) is 11.1 Å². The summed E-state index contributed by atoms with van der Waals surface area (Å²) in [6.45, 7) is 3.41. The zero-order chi connectivity index (χ0) is 9.42. The van der Waals surface area contributed by atoms with Crippen LogP contribution in [0.3, 0.4) is 0 Å². The van der Waals surface area contributed by atoms with Crippen molar-refractivity contribution in [3.8, 4) is 0 Å². The molecule has 4 heteroatoms. The molecule has 1 aromatic carbocycles. The molecular weight excluding hydrogens is 205 g/mol. The van der Waals surface area contributed by atoms with Crippen molar-refractivity contribution in [2.24, 2.45) is 0 Å². The van der Waals surface area contributed by atoms with Gasteiger partial charge in [0, 0.05) is 6.20 Å². The topological polar surface area (TPSA) is 37.4 Å². The Morgan fingerprint density at radius 1 is 1.14 bits per heavy atom. The summed E-state index contributed by atoms with van der Waals surface area (Å²) in [5.41, 5.74) is 0.903. The van der Waals surface area contributed by atoms with Gasteiger partial charge in [-0.3, -0.25) is 9.59 Å². The van der Waals surface area contributed by atoms with Crippen molar-refractivity contribution in [3.05, 3.63) is 48.2 Å². The third kappa shape index (κ3) is 1.64. The van der Waals surface area contributed by atoms with Crippen LogP contribution in [0.25, 0.3) is 0 Å². The Kier molecular flexibility index (Phi) is 3.80. The summed E-state index contributed by atoms with van der Waals surface area (Å²) in [6, 6.07) is 6.74. The van der Waals surface area contributed by atoms with Gasteiger partial charge >= 0.3 is 51.4 Å². The van der Waals surface area contributed by atoms with Crippen molar-refractivity contribution in [1.82, 2.24) is 4.90 Å². The average molecular weight is 213 g/mol. The number of hydrogen-bond acceptors (Lipinski definition) is 2. The summed E-state index contributed by atoms with van der Waals surface area (Å²) < 4.78 is 0. The van der Waals surface area contributed by atoms with Gasteiger partial charge < -0.3 is 1.43 Å². The number of fused-ring (bicyclic) bond motifs is 1. The molecule has 1 aromatic rings. The van der Waals surface area contributed by atoms with Gasteiger partial charge in [0.2, 0.25) is 0 Å². The average Bonchev–Trinajstić information content (AvgIpc) is 2.41. The molecule has 66 valence electrons. The molecular formula is C10H8KNO2. The summed E-state index contributed by atoms with van der Waals surface area (Å²) in [5, 5.41) is 0. The van der Waals surface area contributed by atoms with Gasteiger partial charge in [-0.2, -0.15) is 0 Å². The molecule has 0 unspecified atom stereocenters. The molecule has 0 spiro atoms. The molecule has 0 N–H and O–H groups in total. The van der Waals surface area contributed by atoms with Gasteiger partial charge in [0.25, 0.3) is 11.8 Å². The second-order valence-corrected chi connectivity index (χ2v) is 2.71. The minimum Gasteiger partial charge on any atom is -1.00 e. The zero-order valence-corrected chi connectivity index (χ0v) is 11.0. The van der Waals surface area contributed by atoms with Gasteiger partial charge in [0.1, 0.15) is 0 Å². The van der Waals surface area contributed by atoms with Crippen molar-refractivity contribution in [1.29, 1.82) is 0 Å². The quantitative estimate of drug-likeness (QED) is 0.422. The fourth-order valence-corrected chi connectivity index (χ4v) is 1.37. The summed E-state index contributed by atoms with van der Waals surface area (Å²) in [6.07, 6.45) is 1.24. The second-order valence-electron chi connectivity index (χ2n) is 2.71. The molecule has 1 heterocycles. The van der Waals surface area contributed by atoms with E-state index in [4.69, 9.17) is 0 Å². The Morgan fingerprint density at radius 3 is 1.93 bits per heavy atom. The van der Waals surface area contributed by atoms with Crippen LogP contribution in [0.5, 0.6) is 0 Å². The Balaban J connectivity index is 0.000000980. The van der Waals surface area contributed by atoms with Crippen LogP contribution in [0.4, 0.5) is 0 Å². The Hall–Kier alpha value is -0.264. The fraction of sp³-hybridized carbons (Fsp3) is 0. The first-order valence-electron chi connectivity index (χ1n) is 3.85. The third-order valence-corrected chi connectivity index (χ3v) is 2.01. The van der Waals surface area contributed by atoms with Crippen LogP contribution in [0, 0.1) is 0 Å². The monoisotopic (exact) mass is 213 g/mol. The minimum atomic E-state index is -0.296. The van der Waals surface area contributed by atoms with Gasteiger partial charge in [-0.1, -0.05) is 18.7 Å². The van der Waals surface area contributed by atoms with E-state index in [2.05, 4.69) is 6.58 Å². The van der Waals surface area contributed by atoms with E-state index < -0.39 is 0 Å². The van der Waals surface area contributed by atoms with Crippen molar-refractivity contribution in [3.63, 3.8) is 0 Å². The van der Waals surface area contributed by atoms with E-state index in [0.717, 1.165) is 4.90 Å². The number of rotatable bonds is 1. The molecule has 0 aliphatic carbocycles. The summed E-state index contributed by atoms with van der Waals surface area (Å²) >= 11 is 0. The van der Waals surface area contributed by atoms with Crippen LogP contribution >= 0.6 is 0 Å². The SMILES string of the molecule is C=CN1C(=O)c2ccccc2C1=O.[H-].[K+]. The molecule has 0 bridgehead atoms. The van der Waals surface area contributed by atoms with Crippen molar-refractivity contribution in [2.75, 3.05) is 0 Å². The van der Waals surface area contributed by atoms with Crippen LogP contribution in [0.2, 0.25) is 0 Å². The maximum absolute atomic E-state index is 11.5. The van der Waals surface area contributed by atoms with Crippen molar-refractivity contribution in [2.45, 2.75) is 0 Å². The molecule has 0 aromatic heterocycles. The molecule has 0 saturated heterocycles. The Labute approximate surface area is 126 Å². The molecule has 1 aliphatic rings. The van der Waals surface area contributed by atoms with Gasteiger partial charge in [-0.15, -0.1) is 0 Å². The van der Waals surface area contributed by atoms with Crippen LogP contribution in [-0.4, -0.2) is 16.7 Å². The van der Waals surface area contributed by atoms with E-state index in [9.17, 15) is 9.59 Å². The minimum absolute atomic E-state index is 0. The fourth-order valence-electron chi connectivity index (χ4n) is 1.37. The normalized spacial score (nSPS) is 13.6. The zero-order valence-electron chi connectivity index (χ0n) is 8.86. The number of imide groups is 1. The van der Waals surface area contributed by atoms with Crippen LogP contribution in [-0.2, 0) is 0 Å². The van der Waals surface area contributed by atoms with Crippen molar-refractivity contribution < 1.29 is 62.4 Å². The standard InChI is InChI=1S/C10H7NO2.K.H/c1-2-11-9(12)7-5-3-4-6-8(7)10(11)13;;/h2-6H,1H2;;/q;+1;-1. The summed E-state index contributed by atoms with van der Waals surface area (Å²) in [7, 11) is 0. The second kappa shape index (κ2) is 4.50. The predicted molar refractivity (Wildman–Crippen MR) is 48.3 cm³/mol. The first-order chi connectivity index (χ1) is 6.25. The first-order valence-corrected chi connectivity index (χ1v) is 3.85. The van der Waals surface area contributed by atoms with E-state index in [1.165, 1.54) is 6.20 Å². The maximum atomic E-state index is 11.5. The van der Waals surface area contributed by atoms with Gasteiger partial charge in [0.05, 0.1) is 11.1 Å². The molecule has 0 saturated carbocycles. The molecule has 2 amide bonds. The first kappa shape index (κ1) is 11.8. The third-order valence-electron chi connectivity index (χ3n) is 2.01. The van der Waals surface area contributed by atoms with E-state index in [1.54, 1.807) is 24.3 Å². The van der Waals surface area contributed by atoms with Gasteiger partial charge in [-0.25, -0.2) is 4.90 Å². The maximum Gasteiger partial charge on any atom is 1.00 e. The van der Waals surface area contributed by atoms with Gasteiger partial charge in [0.15, 0.2) is 0 Å². The smallest absolute Gasteiger partial charge is 1.00 e. The van der Waals surface area contributed by atoms with Crippen LogP contribution in [0.1, 0.15) is 22.1 Å². The van der Waals surface area contributed by atoms with E-state index in [-0.39, 0.29) is 64.6 Å². The summed E-state index contributed by atoms with van der Waals surface area (Å²) in [5.74, 6) is -0.591. The van der Waals surface area contributed by atoms with Gasteiger partial charge in [-0.05, 0) is 12.1 Å². The number of amides is 2. The van der Waals surface area contributed by atoms with Crippen molar-refractivity contribution >= 4 is 11.8 Å². The molecule has 3 nitrogen and oxygen atoms in total. The number of carbonyl (C=O) groups excluding carboxylic acids is 2. The molecule has 0 fully saturated rings. The van der Waals surface area contributed by atoms with E-state index >= 15 is 0 Å². The largest absolute Gasteiger partial charge is 1.00 e. The number of nitrogens with zero attached hydrogens (tertiary/aromatic N) is 1.